The van der Waals surface area contributed by atoms with Gasteiger partial charge in [-0.25, -0.2) is 0 Å². The van der Waals surface area contributed by atoms with E-state index >= 15 is 0 Å². The molecule has 0 fully saturated rings. The number of methoxy groups -OCH3 is 1. The molecule has 0 saturated carbocycles. The number of halogens is 1. The van der Waals surface area contributed by atoms with Crippen molar-refractivity contribution in [3.05, 3.63) is 52.0 Å². The van der Waals surface area contributed by atoms with E-state index in [1.807, 2.05) is 13.0 Å². The first-order valence-corrected chi connectivity index (χ1v) is 8.29. The molecule has 0 radical (unpaired) electrons. The number of benzene rings is 2. The van der Waals surface area contributed by atoms with Gasteiger partial charge >= 0.3 is 0 Å². The lowest BCUT2D eigenvalue weighted by molar-refractivity contribution is 0.308. The van der Waals surface area contributed by atoms with Crippen molar-refractivity contribution in [2.24, 2.45) is 0 Å². The van der Waals surface area contributed by atoms with Gasteiger partial charge in [-0.1, -0.05) is 19.1 Å². The van der Waals surface area contributed by atoms with Gasteiger partial charge in [0.15, 0.2) is 11.5 Å². The van der Waals surface area contributed by atoms with Crippen LogP contribution in [-0.4, -0.2) is 13.7 Å². The highest BCUT2D eigenvalue weighted by Gasteiger charge is 2.11. The zero-order valence-electron chi connectivity index (χ0n) is 13.3. The Hall–Kier alpha value is -1.68. The second kappa shape index (κ2) is 8.08. The van der Waals surface area contributed by atoms with Gasteiger partial charge in [0.2, 0.25) is 0 Å². The summed E-state index contributed by atoms with van der Waals surface area (Å²) < 4.78 is 11.9. The molecule has 0 saturated heterocycles. The average Bonchev–Trinajstić information content (AvgIpc) is 2.55. The van der Waals surface area contributed by atoms with Gasteiger partial charge in [-0.15, -0.1) is 0 Å². The van der Waals surface area contributed by atoms with Crippen molar-refractivity contribution in [2.45, 2.75) is 26.8 Å². The van der Waals surface area contributed by atoms with Gasteiger partial charge in [-0.3, -0.25) is 0 Å². The van der Waals surface area contributed by atoms with Crippen molar-refractivity contribution < 1.29 is 9.47 Å². The van der Waals surface area contributed by atoms with Crippen molar-refractivity contribution in [2.75, 3.05) is 19.0 Å². The fraction of sp³-hybridized carbons (Fsp3) is 0.333. The largest absolute Gasteiger partial charge is 0.493 e. The van der Waals surface area contributed by atoms with Crippen LogP contribution in [0.5, 0.6) is 11.5 Å². The highest BCUT2D eigenvalue weighted by Crippen LogP contribution is 2.36. The lowest BCUT2D eigenvalue weighted by atomic mass is 10.1. The molecule has 2 rings (SSSR count). The van der Waals surface area contributed by atoms with E-state index in [4.69, 9.17) is 9.47 Å². The van der Waals surface area contributed by atoms with Crippen molar-refractivity contribution in [1.82, 2.24) is 0 Å². The second-order valence-corrected chi connectivity index (χ2v) is 5.80. The monoisotopic (exact) mass is 363 g/mol. The Balaban J connectivity index is 2.10. The molecule has 0 amide bonds. The first kappa shape index (κ1) is 16.7. The van der Waals surface area contributed by atoms with Gasteiger partial charge in [0, 0.05) is 12.2 Å². The van der Waals surface area contributed by atoms with Crippen LogP contribution in [0, 0.1) is 0 Å². The van der Waals surface area contributed by atoms with Crippen LogP contribution in [0.2, 0.25) is 0 Å². The molecule has 22 heavy (non-hydrogen) atoms. The van der Waals surface area contributed by atoms with Crippen LogP contribution in [0.15, 0.2) is 40.9 Å². The zero-order valence-corrected chi connectivity index (χ0v) is 14.9. The number of rotatable bonds is 7. The minimum absolute atomic E-state index is 0.607. The fourth-order valence-corrected chi connectivity index (χ4v) is 2.83. The minimum atomic E-state index is 0.607. The Morgan fingerprint density at radius 2 is 1.77 bits per heavy atom. The summed E-state index contributed by atoms with van der Waals surface area (Å²) in [6, 6.07) is 12.6. The molecule has 0 aliphatic rings. The first-order valence-electron chi connectivity index (χ1n) is 7.50. The lowest BCUT2D eigenvalue weighted by Crippen LogP contribution is -2.02. The van der Waals surface area contributed by atoms with E-state index in [1.54, 1.807) is 7.11 Å². The normalized spacial score (nSPS) is 10.4. The van der Waals surface area contributed by atoms with Gasteiger partial charge in [0.05, 0.1) is 18.2 Å². The van der Waals surface area contributed by atoms with E-state index in [1.165, 1.54) is 5.56 Å². The van der Waals surface area contributed by atoms with Crippen molar-refractivity contribution in [1.29, 1.82) is 0 Å². The molecule has 0 spiro atoms. The number of nitrogens with one attached hydrogen (secondary N) is 1. The standard InChI is InChI=1S/C18H22BrNO2/c1-4-13-6-8-15(9-7-13)20-12-14-10-16(19)18(22-5-2)17(11-14)21-3/h6-11,20H,4-5,12H2,1-3H3. The molecule has 0 aliphatic carbocycles. The Bertz CT molecular complexity index is 611. The third-order valence-corrected chi connectivity index (χ3v) is 4.03. The predicted molar refractivity (Wildman–Crippen MR) is 95.0 cm³/mol. The second-order valence-electron chi connectivity index (χ2n) is 4.95. The molecule has 2 aromatic rings. The molecule has 118 valence electrons. The van der Waals surface area contributed by atoms with E-state index in [-0.39, 0.29) is 0 Å². The van der Waals surface area contributed by atoms with Crippen LogP contribution >= 0.6 is 15.9 Å². The predicted octanol–water partition coefficient (Wildman–Crippen LogP) is 5.03. The first-order chi connectivity index (χ1) is 10.7. The number of hydrogen-bond acceptors (Lipinski definition) is 3. The Kier molecular flexibility index (Phi) is 6.13. The van der Waals surface area contributed by atoms with Crippen molar-refractivity contribution >= 4 is 21.6 Å². The molecule has 0 atom stereocenters. The summed E-state index contributed by atoms with van der Waals surface area (Å²) in [5, 5.41) is 3.43. The summed E-state index contributed by atoms with van der Waals surface area (Å²) >= 11 is 3.55. The summed E-state index contributed by atoms with van der Waals surface area (Å²) in [7, 11) is 1.66. The molecule has 0 bridgehead atoms. The van der Waals surface area contributed by atoms with Crippen molar-refractivity contribution in [3.63, 3.8) is 0 Å². The van der Waals surface area contributed by atoms with Crippen LogP contribution in [-0.2, 0) is 13.0 Å². The third-order valence-electron chi connectivity index (χ3n) is 3.44. The van der Waals surface area contributed by atoms with Gasteiger partial charge in [-0.2, -0.15) is 0 Å². The molecule has 4 heteroatoms. The van der Waals surface area contributed by atoms with E-state index in [0.717, 1.165) is 40.2 Å². The van der Waals surface area contributed by atoms with Crippen LogP contribution in [0.25, 0.3) is 0 Å². The zero-order chi connectivity index (χ0) is 15.9. The maximum atomic E-state index is 5.61. The Morgan fingerprint density at radius 3 is 2.36 bits per heavy atom. The Labute approximate surface area is 140 Å². The SMILES string of the molecule is CCOc1c(Br)cc(CNc2ccc(CC)cc2)cc1OC. The van der Waals surface area contributed by atoms with Gasteiger partial charge in [-0.05, 0) is 64.7 Å². The number of aryl methyl sites for hydroxylation is 1. The highest BCUT2D eigenvalue weighted by molar-refractivity contribution is 9.10. The van der Waals surface area contributed by atoms with Crippen LogP contribution in [0.3, 0.4) is 0 Å². The topological polar surface area (TPSA) is 30.5 Å². The maximum Gasteiger partial charge on any atom is 0.175 e. The molecule has 0 heterocycles. The van der Waals surface area contributed by atoms with Crippen LogP contribution in [0.4, 0.5) is 5.69 Å². The quantitative estimate of drug-likeness (QED) is 0.747. The van der Waals surface area contributed by atoms with E-state index in [0.29, 0.717) is 6.61 Å². The minimum Gasteiger partial charge on any atom is -0.493 e. The molecule has 0 unspecified atom stereocenters. The molecule has 2 aromatic carbocycles. The summed E-state index contributed by atoms with van der Waals surface area (Å²) in [6.07, 6.45) is 1.06. The summed E-state index contributed by atoms with van der Waals surface area (Å²) in [5.41, 5.74) is 3.59. The third kappa shape index (κ3) is 4.17. The number of anilines is 1. The Morgan fingerprint density at radius 1 is 1.05 bits per heavy atom. The van der Waals surface area contributed by atoms with Gasteiger partial charge in [0.25, 0.3) is 0 Å². The molecule has 3 nitrogen and oxygen atoms in total. The lowest BCUT2D eigenvalue weighted by Gasteiger charge is -2.14. The fourth-order valence-electron chi connectivity index (χ4n) is 2.22. The van der Waals surface area contributed by atoms with Gasteiger partial charge in [0.1, 0.15) is 0 Å². The van der Waals surface area contributed by atoms with Crippen LogP contribution < -0.4 is 14.8 Å². The van der Waals surface area contributed by atoms with E-state index in [9.17, 15) is 0 Å². The maximum absolute atomic E-state index is 5.61. The number of ether oxygens (including phenoxy) is 2. The molecule has 1 N–H and O–H groups in total. The molecule has 0 aromatic heterocycles. The summed E-state index contributed by atoms with van der Waals surface area (Å²) in [5.74, 6) is 1.50. The molecule has 0 aliphatic heterocycles. The van der Waals surface area contributed by atoms with Gasteiger partial charge < -0.3 is 14.8 Å². The van der Waals surface area contributed by atoms with E-state index in [2.05, 4.69) is 58.5 Å². The molecular weight excluding hydrogens is 342 g/mol. The number of hydrogen-bond donors (Lipinski definition) is 1. The average molecular weight is 364 g/mol. The summed E-state index contributed by atoms with van der Waals surface area (Å²) in [6.45, 7) is 5.46. The van der Waals surface area contributed by atoms with Crippen LogP contribution in [0.1, 0.15) is 25.0 Å². The summed E-state index contributed by atoms with van der Waals surface area (Å²) in [4.78, 5) is 0. The van der Waals surface area contributed by atoms with E-state index < -0.39 is 0 Å². The molecular formula is C18H22BrNO2. The smallest absolute Gasteiger partial charge is 0.175 e. The highest BCUT2D eigenvalue weighted by atomic mass is 79.9. The van der Waals surface area contributed by atoms with Crippen molar-refractivity contribution in [3.8, 4) is 11.5 Å².